The lowest BCUT2D eigenvalue weighted by atomic mass is 10.2. The molecule has 2 heterocycles. The van der Waals surface area contributed by atoms with Gasteiger partial charge >= 0.3 is 0 Å². The highest BCUT2D eigenvalue weighted by Gasteiger charge is 2.32. The highest BCUT2D eigenvalue weighted by molar-refractivity contribution is 8.25. The van der Waals surface area contributed by atoms with Crippen LogP contribution in [-0.2, 0) is 13.6 Å². The van der Waals surface area contributed by atoms with E-state index in [1.165, 1.54) is 25.6 Å². The Morgan fingerprint density at radius 2 is 2.00 bits per heavy atom. The second kappa shape index (κ2) is 9.04. The molecule has 1 amide bonds. The molecule has 1 aliphatic heterocycles. The van der Waals surface area contributed by atoms with E-state index in [0.717, 1.165) is 4.57 Å². The number of nitrogens with zero attached hydrogens (tertiary/aromatic N) is 3. The molecule has 4 N–H and O–H groups in total. The van der Waals surface area contributed by atoms with Crippen LogP contribution in [0.1, 0.15) is 28.9 Å². The molecule has 0 saturated carbocycles. The van der Waals surface area contributed by atoms with E-state index in [2.05, 4.69) is 10.3 Å². The second-order valence-electron chi connectivity index (χ2n) is 6.98. The summed E-state index contributed by atoms with van der Waals surface area (Å²) in [6.07, 6.45) is 1.30. The topological polar surface area (TPSA) is 146 Å². The molecule has 0 atom stereocenters. The first-order valence-electron chi connectivity index (χ1n) is 9.52. The van der Waals surface area contributed by atoms with Crippen molar-refractivity contribution in [2.75, 3.05) is 30.8 Å². The fourth-order valence-corrected chi connectivity index (χ4v) is 4.91. The average molecular weight is 455 g/mol. The smallest absolute Gasteiger partial charge is 0.297 e. The maximum absolute atomic E-state index is 12.7. The zero-order chi connectivity index (χ0) is 22.8. The predicted molar refractivity (Wildman–Crippen MR) is 116 cm³/mol. The number of hydrogen-bond acceptors (Lipinski definition) is 9. The monoisotopic (exact) mass is 454 g/mol. The van der Waals surface area contributed by atoms with Gasteiger partial charge in [-0.3, -0.25) is 23.3 Å². The van der Waals surface area contributed by atoms with Crippen LogP contribution < -0.4 is 24.7 Å². The number of aromatic nitrogens is 2. The number of carbonyl (C=O) groups excluding carboxylic acids is 1. The fourth-order valence-electron chi connectivity index (χ4n) is 3.26. The number of hydrogen-bond donors (Lipinski definition) is 4. The Labute approximate surface area is 180 Å². The molecule has 1 saturated heterocycles. The lowest BCUT2D eigenvalue weighted by Gasteiger charge is -2.46. The molecule has 1 aromatic heterocycles. The molecule has 2 aromatic rings. The number of methoxy groups -OCH3 is 2. The minimum atomic E-state index is -3.17. The van der Waals surface area contributed by atoms with Crippen LogP contribution in [0.4, 0.5) is 5.95 Å². The lowest BCUT2D eigenvalue weighted by Crippen LogP contribution is -2.39. The highest BCUT2D eigenvalue weighted by Crippen LogP contribution is 2.48. The number of nitrogens with one attached hydrogen (secondary N) is 1. The molecule has 0 bridgehead atoms. The number of ether oxygens (including phenoxy) is 2. The Kier molecular flexibility index (Phi) is 6.62. The van der Waals surface area contributed by atoms with Crippen molar-refractivity contribution in [1.29, 1.82) is 0 Å². The molecule has 0 unspecified atom stereocenters. The maximum Gasteiger partial charge on any atom is 0.297 e. The molecular weight excluding hydrogens is 428 g/mol. The summed E-state index contributed by atoms with van der Waals surface area (Å²) in [6.45, 7) is 0.300. The minimum absolute atomic E-state index is 0.0383. The molecule has 1 aromatic carbocycles. The molecule has 170 valence electrons. The summed E-state index contributed by atoms with van der Waals surface area (Å²) in [7, 11) is 1.18. The van der Waals surface area contributed by atoms with E-state index in [1.54, 1.807) is 18.2 Å². The van der Waals surface area contributed by atoms with Crippen LogP contribution >= 0.6 is 10.8 Å². The van der Waals surface area contributed by atoms with Crippen LogP contribution in [0.5, 0.6) is 17.2 Å². The Hall–Kier alpha value is -2.96. The third kappa shape index (κ3) is 4.55. The van der Waals surface area contributed by atoms with Crippen molar-refractivity contribution in [3.8, 4) is 17.2 Å². The minimum Gasteiger partial charge on any atom is -0.501 e. The molecule has 1 aliphatic rings. The molecule has 0 radical (unpaired) electrons. The van der Waals surface area contributed by atoms with Gasteiger partial charge in [0, 0.05) is 31.8 Å². The Bertz CT molecular complexity index is 1040. The normalized spacial score (nSPS) is 16.5. The van der Waals surface area contributed by atoms with Gasteiger partial charge < -0.3 is 19.9 Å². The molecule has 0 aliphatic carbocycles. The van der Waals surface area contributed by atoms with E-state index >= 15 is 0 Å². The third-order valence-electron chi connectivity index (χ3n) is 5.00. The van der Waals surface area contributed by atoms with Gasteiger partial charge in [-0.05, 0) is 25.0 Å². The first-order valence-corrected chi connectivity index (χ1v) is 11.2. The zero-order valence-corrected chi connectivity index (χ0v) is 18.3. The van der Waals surface area contributed by atoms with Crippen LogP contribution in [0.15, 0.2) is 23.0 Å². The average Bonchev–Trinajstić information content (AvgIpc) is 2.76. The lowest BCUT2D eigenvalue weighted by molar-refractivity contribution is 0.0942. The summed E-state index contributed by atoms with van der Waals surface area (Å²) < 4.78 is 33.4. The summed E-state index contributed by atoms with van der Waals surface area (Å²) in [4.78, 5) is 29.3. The Morgan fingerprint density at radius 3 is 2.65 bits per heavy atom. The first kappa shape index (κ1) is 22.7. The molecule has 0 spiro atoms. The number of rotatable bonds is 6. The van der Waals surface area contributed by atoms with Crippen molar-refractivity contribution in [1.82, 2.24) is 14.9 Å². The summed E-state index contributed by atoms with van der Waals surface area (Å²) in [5.41, 5.74) is -0.713. The quantitative estimate of drug-likeness (QED) is 0.512. The van der Waals surface area contributed by atoms with Gasteiger partial charge in [-0.1, -0.05) is 0 Å². The van der Waals surface area contributed by atoms with Crippen LogP contribution in [0.3, 0.4) is 0 Å². The van der Waals surface area contributed by atoms with Gasteiger partial charge in [-0.2, -0.15) is 0 Å². The van der Waals surface area contributed by atoms with Crippen molar-refractivity contribution < 1.29 is 28.5 Å². The van der Waals surface area contributed by atoms with Gasteiger partial charge in [0.05, 0.1) is 20.0 Å². The number of amides is 1. The van der Waals surface area contributed by atoms with Crippen LogP contribution in [0.2, 0.25) is 0 Å². The SMILES string of the molecule is COc1ccc(CNC(=O)c2nc(N3CCCCS3(O)O)n(C)c(=O)c2O)c(OC)c1. The van der Waals surface area contributed by atoms with Gasteiger partial charge in [0.2, 0.25) is 11.7 Å². The molecule has 1 fully saturated rings. The van der Waals surface area contributed by atoms with Gasteiger partial charge in [0.1, 0.15) is 11.5 Å². The molecular formula is C19H26N4O7S. The summed E-state index contributed by atoms with van der Waals surface area (Å²) in [5, 5.41) is 12.8. The Balaban J connectivity index is 1.89. The van der Waals surface area contributed by atoms with Gasteiger partial charge in [0.15, 0.2) is 5.69 Å². The van der Waals surface area contributed by atoms with Gasteiger partial charge in [-0.25, -0.2) is 9.29 Å². The summed E-state index contributed by atoms with van der Waals surface area (Å²) in [6, 6.07) is 5.08. The van der Waals surface area contributed by atoms with Crippen LogP contribution in [0, 0.1) is 0 Å². The van der Waals surface area contributed by atoms with E-state index in [4.69, 9.17) is 9.47 Å². The van der Waals surface area contributed by atoms with Crippen molar-refractivity contribution in [3.05, 3.63) is 39.8 Å². The van der Waals surface area contributed by atoms with Gasteiger partial charge in [0.25, 0.3) is 11.5 Å². The second-order valence-corrected chi connectivity index (χ2v) is 9.09. The number of aromatic hydroxyl groups is 1. The fraction of sp³-hybridized carbons (Fsp3) is 0.421. The van der Waals surface area contributed by atoms with E-state index < -0.39 is 33.7 Å². The van der Waals surface area contributed by atoms with Crippen LogP contribution in [-0.4, -0.2) is 56.2 Å². The van der Waals surface area contributed by atoms with Crippen molar-refractivity contribution in [3.63, 3.8) is 0 Å². The van der Waals surface area contributed by atoms with Crippen molar-refractivity contribution >= 4 is 22.6 Å². The molecule has 31 heavy (non-hydrogen) atoms. The van der Waals surface area contributed by atoms with Crippen molar-refractivity contribution in [2.45, 2.75) is 19.4 Å². The molecule has 12 heteroatoms. The standard InChI is InChI=1S/C19H26N4O7S/c1-22-18(26)16(24)15(21-19(22)23-8-4-5-9-31(23,27)28)17(25)20-11-12-6-7-13(29-2)10-14(12)30-3/h6-7,10,24,27-28H,4-5,8-9,11H2,1-3H3,(H,20,25). The Morgan fingerprint density at radius 1 is 1.26 bits per heavy atom. The van der Waals surface area contributed by atoms with Crippen LogP contribution in [0.25, 0.3) is 0 Å². The first-order chi connectivity index (χ1) is 14.7. The van der Waals surface area contributed by atoms with E-state index in [9.17, 15) is 23.8 Å². The molecule has 3 rings (SSSR count). The summed E-state index contributed by atoms with van der Waals surface area (Å²) in [5.74, 6) is -0.481. The zero-order valence-electron chi connectivity index (χ0n) is 17.5. The number of benzene rings is 1. The van der Waals surface area contributed by atoms with E-state index in [0.29, 0.717) is 29.9 Å². The van der Waals surface area contributed by atoms with E-state index in [1.807, 2.05) is 0 Å². The maximum atomic E-state index is 12.7. The molecule has 11 nitrogen and oxygen atoms in total. The highest BCUT2D eigenvalue weighted by atomic mass is 32.3. The number of anilines is 1. The predicted octanol–water partition coefficient (Wildman–Crippen LogP) is 1.70. The largest absolute Gasteiger partial charge is 0.501 e. The van der Waals surface area contributed by atoms with Gasteiger partial charge in [-0.15, -0.1) is 10.8 Å². The summed E-state index contributed by atoms with van der Waals surface area (Å²) >= 11 is 0. The van der Waals surface area contributed by atoms with Crippen molar-refractivity contribution in [2.24, 2.45) is 7.05 Å². The van der Waals surface area contributed by atoms with E-state index in [-0.39, 0.29) is 24.8 Å². The third-order valence-corrected chi connectivity index (χ3v) is 6.89. The number of carbonyl (C=O) groups is 1.